The molecule has 2 N–H and O–H groups in total. The van der Waals surface area contributed by atoms with Gasteiger partial charge in [-0.25, -0.2) is 9.59 Å². The van der Waals surface area contributed by atoms with Gasteiger partial charge >= 0.3 is 18.0 Å². The summed E-state index contributed by atoms with van der Waals surface area (Å²) in [6.45, 7) is 6.38. The van der Waals surface area contributed by atoms with E-state index in [4.69, 9.17) is 19.9 Å². The van der Waals surface area contributed by atoms with E-state index in [1.807, 2.05) is 69.3 Å². The highest BCUT2D eigenvalue weighted by molar-refractivity contribution is 5.79. The van der Waals surface area contributed by atoms with Crippen LogP contribution in [0.5, 0.6) is 0 Å². The maximum atomic E-state index is 12.9. The number of benzene rings is 2. The number of methoxy groups -OCH3 is 1. The third-order valence-corrected chi connectivity index (χ3v) is 6.32. The van der Waals surface area contributed by atoms with Crippen molar-refractivity contribution in [1.82, 2.24) is 4.90 Å². The van der Waals surface area contributed by atoms with E-state index in [1.54, 1.807) is 11.0 Å². The average Bonchev–Trinajstić information content (AvgIpc) is 2.86. The van der Waals surface area contributed by atoms with Crippen molar-refractivity contribution < 1.29 is 28.6 Å². The first-order chi connectivity index (χ1) is 17.0. The molecule has 1 saturated heterocycles. The predicted octanol–water partition coefficient (Wildman–Crippen LogP) is 4.16. The van der Waals surface area contributed by atoms with Crippen LogP contribution in [0.3, 0.4) is 0 Å². The molecule has 1 aliphatic heterocycles. The standard InChI is InChI=1S/C28H36N2O6/c1-27(2,3)36-26(33)30-15-13-28(14-16-30,25(32)34-4)18-21-11-8-12-22(17-21)23(29)24(31)35-19-20-9-6-5-7-10-20/h5-12,17,23H,13-16,18-19,29H2,1-4H3. The molecule has 1 heterocycles. The van der Waals surface area contributed by atoms with Gasteiger partial charge in [0.1, 0.15) is 18.2 Å². The summed E-state index contributed by atoms with van der Waals surface area (Å²) in [4.78, 5) is 39.6. The molecule has 0 bridgehead atoms. The highest BCUT2D eigenvalue weighted by Gasteiger charge is 2.44. The van der Waals surface area contributed by atoms with E-state index in [1.165, 1.54) is 7.11 Å². The maximum Gasteiger partial charge on any atom is 0.410 e. The van der Waals surface area contributed by atoms with E-state index in [0.29, 0.717) is 37.9 Å². The molecule has 0 spiro atoms. The number of nitrogens with zero attached hydrogens (tertiary/aromatic N) is 1. The van der Waals surface area contributed by atoms with Gasteiger partial charge in [-0.05, 0) is 56.7 Å². The van der Waals surface area contributed by atoms with Crippen molar-refractivity contribution in [2.75, 3.05) is 20.2 Å². The SMILES string of the molecule is COC(=O)C1(Cc2cccc(C(N)C(=O)OCc3ccccc3)c2)CCN(C(=O)OC(C)(C)C)CC1. The molecule has 1 unspecified atom stereocenters. The first-order valence-electron chi connectivity index (χ1n) is 12.1. The van der Waals surface area contributed by atoms with Gasteiger partial charge in [0.05, 0.1) is 12.5 Å². The van der Waals surface area contributed by atoms with Crippen LogP contribution in [0.1, 0.15) is 56.3 Å². The number of ether oxygens (including phenoxy) is 3. The summed E-state index contributed by atoms with van der Waals surface area (Å²) in [6.07, 6.45) is 0.896. The number of carbonyl (C=O) groups excluding carboxylic acids is 3. The average molecular weight is 497 g/mol. The fraction of sp³-hybridized carbons (Fsp3) is 0.464. The van der Waals surface area contributed by atoms with Crippen molar-refractivity contribution in [3.05, 3.63) is 71.3 Å². The number of amides is 1. The van der Waals surface area contributed by atoms with Crippen LogP contribution in [0.2, 0.25) is 0 Å². The number of carbonyl (C=O) groups is 3. The molecule has 2 aromatic rings. The predicted molar refractivity (Wildman–Crippen MR) is 135 cm³/mol. The second kappa shape index (κ2) is 11.6. The minimum Gasteiger partial charge on any atom is -0.469 e. The topological polar surface area (TPSA) is 108 Å². The van der Waals surface area contributed by atoms with Crippen LogP contribution in [0.25, 0.3) is 0 Å². The van der Waals surface area contributed by atoms with Crippen molar-refractivity contribution in [1.29, 1.82) is 0 Å². The number of esters is 2. The second-order valence-electron chi connectivity index (χ2n) is 10.2. The Hall–Kier alpha value is -3.39. The quantitative estimate of drug-likeness (QED) is 0.453. The zero-order valence-electron chi connectivity index (χ0n) is 21.5. The molecule has 0 radical (unpaired) electrons. The summed E-state index contributed by atoms with van der Waals surface area (Å²) in [5, 5.41) is 0. The largest absolute Gasteiger partial charge is 0.469 e. The molecule has 194 valence electrons. The lowest BCUT2D eigenvalue weighted by Gasteiger charge is -2.40. The number of hydrogen-bond donors (Lipinski definition) is 1. The molecular weight excluding hydrogens is 460 g/mol. The van der Waals surface area contributed by atoms with Gasteiger partial charge in [0.2, 0.25) is 0 Å². The van der Waals surface area contributed by atoms with Gasteiger partial charge in [0.25, 0.3) is 0 Å². The van der Waals surface area contributed by atoms with Gasteiger partial charge in [0.15, 0.2) is 0 Å². The van der Waals surface area contributed by atoms with Crippen molar-refractivity contribution in [3.63, 3.8) is 0 Å². The lowest BCUT2D eigenvalue weighted by Crippen LogP contribution is -2.49. The number of rotatable bonds is 7. The van der Waals surface area contributed by atoms with Crippen LogP contribution >= 0.6 is 0 Å². The van der Waals surface area contributed by atoms with Gasteiger partial charge in [-0.1, -0.05) is 54.6 Å². The third kappa shape index (κ3) is 7.07. The second-order valence-corrected chi connectivity index (χ2v) is 10.2. The number of piperidine rings is 1. The molecule has 1 amide bonds. The highest BCUT2D eigenvalue weighted by atomic mass is 16.6. The molecule has 0 aromatic heterocycles. The monoisotopic (exact) mass is 496 g/mol. The number of hydrogen-bond acceptors (Lipinski definition) is 7. The summed E-state index contributed by atoms with van der Waals surface area (Å²) in [6, 6.07) is 15.8. The smallest absolute Gasteiger partial charge is 0.410 e. The van der Waals surface area contributed by atoms with Gasteiger partial charge in [-0.15, -0.1) is 0 Å². The van der Waals surface area contributed by atoms with Crippen LogP contribution < -0.4 is 5.73 Å². The van der Waals surface area contributed by atoms with Crippen molar-refractivity contribution >= 4 is 18.0 Å². The minimum absolute atomic E-state index is 0.146. The lowest BCUT2D eigenvalue weighted by atomic mass is 9.73. The Morgan fingerprint density at radius 3 is 2.25 bits per heavy atom. The van der Waals surface area contributed by atoms with Crippen molar-refractivity contribution in [3.8, 4) is 0 Å². The van der Waals surface area contributed by atoms with Crippen molar-refractivity contribution in [2.45, 2.75) is 58.3 Å². The van der Waals surface area contributed by atoms with Gasteiger partial charge < -0.3 is 24.8 Å². The molecule has 0 aliphatic carbocycles. The Kier molecular flexibility index (Phi) is 8.74. The van der Waals surface area contributed by atoms with Crippen LogP contribution in [0.4, 0.5) is 4.79 Å². The van der Waals surface area contributed by atoms with E-state index in [0.717, 1.165) is 11.1 Å². The molecule has 0 saturated carbocycles. The Bertz CT molecular complexity index is 1060. The fourth-order valence-electron chi connectivity index (χ4n) is 4.36. The molecule has 3 rings (SSSR count). The Morgan fingerprint density at radius 2 is 1.64 bits per heavy atom. The maximum absolute atomic E-state index is 12.9. The molecule has 1 fully saturated rings. The number of nitrogens with two attached hydrogens (primary N) is 1. The summed E-state index contributed by atoms with van der Waals surface area (Å²) in [5.74, 6) is -0.840. The van der Waals surface area contributed by atoms with Crippen LogP contribution in [-0.4, -0.2) is 48.7 Å². The molecule has 8 nitrogen and oxygen atoms in total. The van der Waals surface area contributed by atoms with Crippen LogP contribution in [-0.2, 0) is 36.8 Å². The zero-order valence-corrected chi connectivity index (χ0v) is 21.5. The summed E-state index contributed by atoms with van der Waals surface area (Å²) < 4.78 is 16.0. The van der Waals surface area contributed by atoms with E-state index in [-0.39, 0.29) is 18.7 Å². The van der Waals surface area contributed by atoms with Gasteiger partial charge in [-0.2, -0.15) is 0 Å². The third-order valence-electron chi connectivity index (χ3n) is 6.32. The normalized spacial score (nSPS) is 16.1. The zero-order chi connectivity index (χ0) is 26.3. The molecule has 8 heteroatoms. The molecule has 1 atom stereocenters. The summed E-state index contributed by atoms with van der Waals surface area (Å²) >= 11 is 0. The number of likely N-dealkylation sites (tertiary alicyclic amines) is 1. The van der Waals surface area contributed by atoms with Gasteiger partial charge in [-0.3, -0.25) is 4.79 Å². The lowest BCUT2D eigenvalue weighted by molar-refractivity contribution is -0.156. The first kappa shape index (κ1) is 27.2. The molecule has 36 heavy (non-hydrogen) atoms. The van der Waals surface area contributed by atoms with Crippen molar-refractivity contribution in [2.24, 2.45) is 11.1 Å². The van der Waals surface area contributed by atoms with E-state index < -0.39 is 23.0 Å². The Labute approximate surface area is 212 Å². The minimum atomic E-state index is -0.947. The highest BCUT2D eigenvalue weighted by Crippen LogP contribution is 2.37. The Morgan fingerprint density at radius 1 is 1.00 bits per heavy atom. The molecular formula is C28H36N2O6. The van der Waals surface area contributed by atoms with E-state index >= 15 is 0 Å². The first-order valence-corrected chi connectivity index (χ1v) is 12.1. The van der Waals surface area contributed by atoms with Gasteiger partial charge in [0, 0.05) is 13.1 Å². The van der Waals surface area contributed by atoms with Crippen LogP contribution in [0, 0.1) is 5.41 Å². The summed E-state index contributed by atoms with van der Waals surface area (Å²) in [5.41, 5.74) is 7.17. The van der Waals surface area contributed by atoms with E-state index in [2.05, 4.69) is 0 Å². The van der Waals surface area contributed by atoms with Crippen LogP contribution in [0.15, 0.2) is 54.6 Å². The molecule has 2 aromatic carbocycles. The Balaban J connectivity index is 1.68. The van der Waals surface area contributed by atoms with E-state index in [9.17, 15) is 14.4 Å². The fourth-order valence-corrected chi connectivity index (χ4v) is 4.36. The molecule has 1 aliphatic rings. The summed E-state index contributed by atoms with van der Waals surface area (Å²) in [7, 11) is 1.37.